The van der Waals surface area contributed by atoms with E-state index >= 15 is 0 Å². The molecule has 0 aliphatic heterocycles. The number of aromatic nitrogens is 2. The molecule has 2 aromatic rings. The summed E-state index contributed by atoms with van der Waals surface area (Å²) in [6.07, 6.45) is -0.187. The third kappa shape index (κ3) is 4.59. The molecule has 0 saturated heterocycles. The zero-order chi connectivity index (χ0) is 19.4. The van der Waals surface area contributed by atoms with Crippen LogP contribution in [0.3, 0.4) is 0 Å². The second kappa shape index (κ2) is 8.90. The number of hydrogen-bond donors (Lipinski definition) is 1. The van der Waals surface area contributed by atoms with Crippen molar-refractivity contribution in [1.82, 2.24) is 10.2 Å². The highest BCUT2D eigenvalue weighted by Gasteiger charge is 2.26. The molecule has 0 amide bonds. The molecule has 0 aliphatic rings. The first-order chi connectivity index (χ1) is 12.3. The lowest BCUT2D eigenvalue weighted by Crippen LogP contribution is -2.42. The minimum atomic E-state index is -1.05. The van der Waals surface area contributed by atoms with Gasteiger partial charge in [-0.05, 0) is 25.9 Å². The molecule has 2 rings (SSSR count). The molecular weight excluding hydrogens is 405 g/mol. The third-order valence-corrected chi connectivity index (χ3v) is 4.39. The van der Waals surface area contributed by atoms with E-state index in [-0.39, 0.29) is 39.7 Å². The van der Waals surface area contributed by atoms with E-state index in [9.17, 15) is 14.2 Å². The van der Waals surface area contributed by atoms with Crippen molar-refractivity contribution in [2.24, 2.45) is 0 Å². The lowest BCUT2D eigenvalue weighted by Gasteiger charge is -2.26. The van der Waals surface area contributed by atoms with Crippen molar-refractivity contribution in [3.63, 3.8) is 0 Å². The highest BCUT2D eigenvalue weighted by atomic mass is 35.5. The number of ether oxygens (including phenoxy) is 1. The summed E-state index contributed by atoms with van der Waals surface area (Å²) in [5, 5.41) is 17.6. The fraction of sp³-hybridized carbons (Fsp3) is 0.214. The molecular formula is C14H13B2Cl3FN3O3. The fourth-order valence-corrected chi connectivity index (χ4v) is 3.11. The van der Waals surface area contributed by atoms with Crippen LogP contribution in [-0.2, 0) is 4.79 Å². The van der Waals surface area contributed by atoms with Crippen LogP contribution in [0, 0.1) is 5.82 Å². The Morgan fingerprint density at radius 1 is 1.38 bits per heavy atom. The van der Waals surface area contributed by atoms with Crippen LogP contribution in [0.1, 0.15) is 18.6 Å². The molecule has 0 spiro atoms. The SMILES string of the molecule is CB(O)N(BC=O)c1nnc(Cl)cc1O[C@@H](C)c1c(Cl)ccc(F)c1Cl. The van der Waals surface area contributed by atoms with Gasteiger partial charge >= 0.3 is 14.5 Å². The van der Waals surface area contributed by atoms with Crippen LogP contribution in [0.25, 0.3) is 0 Å². The largest absolute Gasteiger partial charge is 0.482 e. The third-order valence-electron chi connectivity index (χ3n) is 3.49. The lowest BCUT2D eigenvalue weighted by atomic mass is 9.74. The molecule has 1 atom stereocenters. The molecule has 1 aromatic heterocycles. The second-order valence-corrected chi connectivity index (χ2v) is 6.50. The maximum atomic E-state index is 13.8. The summed E-state index contributed by atoms with van der Waals surface area (Å²) in [4.78, 5) is 10.9. The van der Waals surface area contributed by atoms with E-state index in [0.717, 1.165) is 6.07 Å². The molecule has 12 heteroatoms. The number of hydrogen-bond acceptors (Lipinski definition) is 6. The molecule has 0 bridgehead atoms. The maximum Gasteiger partial charge on any atom is 0.397 e. The summed E-state index contributed by atoms with van der Waals surface area (Å²) in [5.74, 6) is -0.428. The van der Waals surface area contributed by atoms with Crippen molar-refractivity contribution in [2.45, 2.75) is 19.9 Å². The molecule has 1 heterocycles. The minimum Gasteiger partial charge on any atom is -0.482 e. The molecule has 1 aromatic carbocycles. The Morgan fingerprint density at radius 3 is 2.69 bits per heavy atom. The Bertz CT molecular complexity index is 816. The first-order valence-electron chi connectivity index (χ1n) is 7.47. The number of carbonyl (C=O) groups is 1. The second-order valence-electron chi connectivity index (χ2n) is 5.32. The summed E-state index contributed by atoms with van der Waals surface area (Å²) < 4.78 is 20.8. The lowest BCUT2D eigenvalue weighted by molar-refractivity contribution is 0.226. The van der Waals surface area contributed by atoms with Gasteiger partial charge in [0.25, 0.3) is 0 Å². The Kier molecular flexibility index (Phi) is 7.11. The fourth-order valence-electron chi connectivity index (χ4n) is 2.29. The Hall–Kier alpha value is -1.54. The maximum absolute atomic E-state index is 13.8. The first kappa shape index (κ1) is 20.8. The quantitative estimate of drug-likeness (QED) is 0.423. The number of halogens is 4. The summed E-state index contributed by atoms with van der Waals surface area (Å²) in [7, 11) is -1.20. The van der Waals surface area contributed by atoms with Crippen LogP contribution in [0.2, 0.25) is 22.0 Å². The number of nitrogens with zero attached hydrogens (tertiary/aromatic N) is 3. The van der Waals surface area contributed by atoms with Crippen LogP contribution in [0.5, 0.6) is 5.75 Å². The molecule has 136 valence electrons. The van der Waals surface area contributed by atoms with Crippen molar-refractivity contribution in [2.75, 3.05) is 4.72 Å². The molecule has 1 N–H and O–H groups in total. The van der Waals surface area contributed by atoms with Crippen LogP contribution in [-0.4, -0.2) is 35.9 Å². The van der Waals surface area contributed by atoms with Crippen LogP contribution < -0.4 is 9.46 Å². The average molecular weight is 418 g/mol. The standard InChI is InChI=1S/C14H13B2Cl3FN3O3/c1-7(12-8(17)3-4-9(20)13(12)19)26-10-5-11(18)21-22-14(10)23(15-6-24)16(2)25/h3-7,15,25H,1-2H3/t7-/m0/s1. The first-order valence-corrected chi connectivity index (χ1v) is 8.61. The van der Waals surface area contributed by atoms with Gasteiger partial charge in [-0.15, -0.1) is 10.2 Å². The minimum absolute atomic E-state index is 0.0315. The summed E-state index contributed by atoms with van der Waals surface area (Å²) >= 11 is 18.0. The molecule has 6 nitrogen and oxygen atoms in total. The predicted octanol–water partition coefficient (Wildman–Crippen LogP) is 3.17. The Balaban J connectivity index is 2.45. The molecule has 0 aliphatic carbocycles. The molecule has 0 unspecified atom stereocenters. The molecule has 0 radical (unpaired) electrons. The number of rotatable bonds is 7. The van der Waals surface area contributed by atoms with E-state index in [2.05, 4.69) is 10.2 Å². The van der Waals surface area contributed by atoms with Gasteiger partial charge < -0.3 is 19.3 Å². The van der Waals surface area contributed by atoms with E-state index in [1.54, 1.807) is 6.92 Å². The van der Waals surface area contributed by atoms with Crippen LogP contribution in [0.4, 0.5) is 10.2 Å². The number of benzene rings is 1. The van der Waals surface area contributed by atoms with E-state index in [1.807, 2.05) is 0 Å². The smallest absolute Gasteiger partial charge is 0.397 e. The number of anilines is 1. The predicted molar refractivity (Wildman–Crippen MR) is 103 cm³/mol. The van der Waals surface area contributed by atoms with Crippen molar-refractivity contribution in [3.8, 4) is 5.75 Å². The summed E-state index contributed by atoms with van der Waals surface area (Å²) in [6.45, 7) is 3.06. The van der Waals surface area contributed by atoms with E-state index in [0.29, 0.717) is 6.19 Å². The van der Waals surface area contributed by atoms with Crippen LogP contribution in [0.15, 0.2) is 18.2 Å². The van der Waals surface area contributed by atoms with Crippen molar-refractivity contribution in [3.05, 3.63) is 44.8 Å². The van der Waals surface area contributed by atoms with E-state index < -0.39 is 19.0 Å². The Morgan fingerprint density at radius 2 is 2.08 bits per heavy atom. The van der Waals surface area contributed by atoms with Gasteiger partial charge in [0.05, 0.1) is 5.02 Å². The average Bonchev–Trinajstić information content (AvgIpc) is 2.57. The van der Waals surface area contributed by atoms with Gasteiger partial charge in [-0.3, -0.25) is 0 Å². The van der Waals surface area contributed by atoms with Gasteiger partial charge in [0.15, 0.2) is 16.7 Å². The van der Waals surface area contributed by atoms with Gasteiger partial charge in [-0.2, -0.15) is 0 Å². The molecule has 0 fully saturated rings. The molecule has 0 saturated carbocycles. The van der Waals surface area contributed by atoms with Gasteiger partial charge in [0.1, 0.15) is 18.1 Å². The summed E-state index contributed by atoms with van der Waals surface area (Å²) in [5.41, 5.74) is 0.242. The van der Waals surface area contributed by atoms with Crippen molar-refractivity contribution >= 4 is 61.3 Å². The normalized spacial score (nSPS) is 11.7. The van der Waals surface area contributed by atoms with Gasteiger partial charge in [-0.1, -0.05) is 34.8 Å². The zero-order valence-electron chi connectivity index (χ0n) is 13.8. The summed E-state index contributed by atoms with van der Waals surface area (Å²) in [6, 6.07) is 3.88. The highest BCUT2D eigenvalue weighted by molar-refractivity contribution is 6.82. The van der Waals surface area contributed by atoms with E-state index in [4.69, 9.17) is 39.5 Å². The van der Waals surface area contributed by atoms with Crippen LogP contribution >= 0.6 is 34.8 Å². The van der Waals surface area contributed by atoms with E-state index in [1.165, 1.54) is 23.7 Å². The van der Waals surface area contributed by atoms with Gasteiger partial charge in [-0.25, -0.2) is 4.39 Å². The van der Waals surface area contributed by atoms with Crippen molar-refractivity contribution in [1.29, 1.82) is 0 Å². The van der Waals surface area contributed by atoms with Crippen molar-refractivity contribution < 1.29 is 18.9 Å². The highest BCUT2D eigenvalue weighted by Crippen LogP contribution is 2.37. The topological polar surface area (TPSA) is 75.5 Å². The molecule has 26 heavy (non-hydrogen) atoms. The zero-order valence-corrected chi connectivity index (χ0v) is 16.1. The number of carbonyl (C=O) groups excluding carboxylic acids is 1. The van der Waals surface area contributed by atoms with Gasteiger partial charge in [0.2, 0.25) is 0 Å². The Labute approximate surface area is 165 Å². The monoisotopic (exact) mass is 417 g/mol. The van der Waals surface area contributed by atoms with Gasteiger partial charge in [0, 0.05) is 16.7 Å².